The Labute approximate surface area is 143 Å². The van der Waals surface area contributed by atoms with Crippen molar-refractivity contribution in [1.29, 1.82) is 0 Å². The molecular formula is C15H11FN4O4S. The van der Waals surface area contributed by atoms with Crippen LogP contribution in [0.3, 0.4) is 0 Å². The average molecular weight is 362 g/mol. The Morgan fingerprint density at radius 3 is 2.88 bits per heavy atom. The van der Waals surface area contributed by atoms with E-state index in [1.807, 2.05) is 0 Å². The van der Waals surface area contributed by atoms with Gasteiger partial charge in [0.25, 0.3) is 5.91 Å². The lowest BCUT2D eigenvalue weighted by Crippen LogP contribution is -2.33. The summed E-state index contributed by atoms with van der Waals surface area (Å²) in [6.45, 7) is -0.616. The quantitative estimate of drug-likeness (QED) is 0.626. The van der Waals surface area contributed by atoms with Gasteiger partial charge in [-0.25, -0.2) is 13.9 Å². The van der Waals surface area contributed by atoms with E-state index in [0.29, 0.717) is 9.92 Å². The van der Waals surface area contributed by atoms with Gasteiger partial charge in [-0.1, -0.05) is 17.8 Å². The molecule has 0 spiro atoms. The monoisotopic (exact) mass is 362 g/mol. The second kappa shape index (κ2) is 6.77. The zero-order valence-electron chi connectivity index (χ0n) is 12.5. The first-order valence-electron chi connectivity index (χ1n) is 6.98. The normalized spacial score (nSPS) is 10.8. The summed E-state index contributed by atoms with van der Waals surface area (Å²) in [7, 11) is 0. The van der Waals surface area contributed by atoms with E-state index < -0.39 is 29.7 Å². The number of nitrogens with zero attached hydrogens (tertiary/aromatic N) is 2. The lowest BCUT2D eigenvalue weighted by atomic mass is 10.2. The van der Waals surface area contributed by atoms with Crippen LogP contribution in [0.15, 0.2) is 51.4 Å². The van der Waals surface area contributed by atoms with Gasteiger partial charge in [0, 0.05) is 11.0 Å². The number of amides is 1. The Morgan fingerprint density at radius 2 is 2.16 bits per heavy atom. The number of fused-ring (bicyclic) bond motifs is 1. The number of H-pyrrole nitrogens is 1. The first-order valence-corrected chi connectivity index (χ1v) is 7.80. The molecule has 0 radical (unpaired) electrons. The zero-order valence-corrected chi connectivity index (χ0v) is 13.3. The van der Waals surface area contributed by atoms with Gasteiger partial charge in [-0.05, 0) is 18.2 Å². The number of halogens is 1. The van der Waals surface area contributed by atoms with E-state index in [1.165, 1.54) is 35.1 Å². The molecule has 0 saturated heterocycles. The minimum atomic E-state index is -1.23. The van der Waals surface area contributed by atoms with Crippen LogP contribution in [0.25, 0.3) is 5.65 Å². The smallest absolute Gasteiger partial charge is 0.322 e. The summed E-state index contributed by atoms with van der Waals surface area (Å²) in [5, 5.41) is 13.9. The van der Waals surface area contributed by atoms with Crippen LogP contribution in [-0.4, -0.2) is 38.1 Å². The van der Waals surface area contributed by atoms with Crippen LogP contribution >= 0.6 is 11.8 Å². The van der Waals surface area contributed by atoms with Gasteiger partial charge < -0.3 is 10.4 Å². The number of carbonyl (C=O) groups is 2. The second-order valence-electron chi connectivity index (χ2n) is 4.90. The van der Waals surface area contributed by atoms with Crippen LogP contribution in [0.5, 0.6) is 0 Å². The summed E-state index contributed by atoms with van der Waals surface area (Å²) in [4.78, 5) is 39.5. The SMILES string of the molecule is O=C(O)CNC(=O)c1c(=O)cc(Sc2cccc(F)c2)n2[nH]cnc12. The molecule has 25 heavy (non-hydrogen) atoms. The Balaban J connectivity index is 2.02. The van der Waals surface area contributed by atoms with Crippen LogP contribution in [0.1, 0.15) is 10.4 Å². The van der Waals surface area contributed by atoms with Crippen LogP contribution in [0.2, 0.25) is 0 Å². The summed E-state index contributed by atoms with van der Waals surface area (Å²) < 4.78 is 14.7. The summed E-state index contributed by atoms with van der Waals surface area (Å²) >= 11 is 1.11. The van der Waals surface area contributed by atoms with Crippen molar-refractivity contribution < 1.29 is 19.1 Å². The first kappa shape index (κ1) is 16.7. The van der Waals surface area contributed by atoms with Crippen molar-refractivity contribution in [3.8, 4) is 0 Å². The number of rotatable bonds is 5. The molecule has 2 aromatic heterocycles. The molecule has 0 fully saturated rings. The van der Waals surface area contributed by atoms with Crippen molar-refractivity contribution in [2.75, 3.05) is 6.54 Å². The molecule has 3 aromatic rings. The summed E-state index contributed by atoms with van der Waals surface area (Å²) in [5.41, 5.74) is -0.839. The van der Waals surface area contributed by atoms with Gasteiger partial charge >= 0.3 is 5.97 Å². The lowest BCUT2D eigenvalue weighted by molar-refractivity contribution is -0.135. The van der Waals surface area contributed by atoms with Gasteiger partial charge in [0.15, 0.2) is 11.1 Å². The van der Waals surface area contributed by atoms with E-state index in [4.69, 9.17) is 5.11 Å². The molecule has 0 atom stereocenters. The van der Waals surface area contributed by atoms with Crippen molar-refractivity contribution >= 4 is 29.3 Å². The van der Waals surface area contributed by atoms with Crippen LogP contribution in [-0.2, 0) is 4.79 Å². The van der Waals surface area contributed by atoms with Gasteiger partial charge in [0.1, 0.15) is 29.3 Å². The molecule has 1 amide bonds. The molecule has 0 unspecified atom stereocenters. The molecule has 0 aliphatic rings. The first-order chi connectivity index (χ1) is 12.0. The van der Waals surface area contributed by atoms with E-state index in [2.05, 4.69) is 15.4 Å². The second-order valence-corrected chi connectivity index (χ2v) is 6.00. The number of hydrogen-bond acceptors (Lipinski definition) is 5. The standard InChI is InChI=1S/C15H11FN4O4S/c16-8-2-1-3-9(4-8)25-11-5-10(21)13(14-18-7-19-20(11)14)15(24)17-6-12(22)23/h1-5,7H,6H2,(H,17,24)(H,18,19)(H,22,23). The summed E-state index contributed by atoms with van der Waals surface area (Å²) in [6, 6.07) is 7.03. The number of nitrogens with one attached hydrogen (secondary N) is 2. The number of aliphatic carboxylic acids is 1. The molecule has 3 rings (SSSR count). The fraction of sp³-hybridized carbons (Fsp3) is 0.0667. The van der Waals surface area contributed by atoms with Crippen molar-refractivity contribution in [1.82, 2.24) is 19.9 Å². The Hall–Kier alpha value is -3.14. The van der Waals surface area contributed by atoms with Gasteiger partial charge in [-0.3, -0.25) is 19.5 Å². The minimum Gasteiger partial charge on any atom is -0.480 e. The highest BCUT2D eigenvalue weighted by molar-refractivity contribution is 7.99. The van der Waals surface area contributed by atoms with Crippen LogP contribution in [0, 0.1) is 5.82 Å². The van der Waals surface area contributed by atoms with Crippen molar-refractivity contribution in [2.24, 2.45) is 0 Å². The number of aromatic amines is 1. The number of carboxylic acid groups (broad SMARTS) is 1. The predicted molar refractivity (Wildman–Crippen MR) is 86.3 cm³/mol. The largest absolute Gasteiger partial charge is 0.480 e. The topological polar surface area (TPSA) is 117 Å². The Morgan fingerprint density at radius 1 is 1.36 bits per heavy atom. The molecule has 0 aliphatic heterocycles. The highest BCUT2D eigenvalue weighted by Crippen LogP contribution is 2.27. The van der Waals surface area contributed by atoms with Crippen LogP contribution in [0.4, 0.5) is 4.39 Å². The Kier molecular flexibility index (Phi) is 4.52. The van der Waals surface area contributed by atoms with Gasteiger partial charge in [0.2, 0.25) is 0 Å². The zero-order chi connectivity index (χ0) is 18.0. The van der Waals surface area contributed by atoms with E-state index in [-0.39, 0.29) is 11.2 Å². The third kappa shape index (κ3) is 3.53. The van der Waals surface area contributed by atoms with E-state index >= 15 is 0 Å². The lowest BCUT2D eigenvalue weighted by Gasteiger charge is -2.08. The number of pyridine rings is 1. The van der Waals surface area contributed by atoms with Crippen molar-refractivity contribution in [3.63, 3.8) is 0 Å². The van der Waals surface area contributed by atoms with Gasteiger partial charge in [-0.2, -0.15) is 0 Å². The molecule has 128 valence electrons. The van der Waals surface area contributed by atoms with Crippen molar-refractivity contribution in [3.05, 3.63) is 58.3 Å². The molecule has 0 saturated carbocycles. The predicted octanol–water partition coefficient (Wildman–Crippen LogP) is 1.13. The molecular weight excluding hydrogens is 351 g/mol. The van der Waals surface area contributed by atoms with Crippen LogP contribution < -0.4 is 10.7 Å². The number of hydrogen-bond donors (Lipinski definition) is 3. The number of benzene rings is 1. The number of carboxylic acids is 1. The molecule has 0 aliphatic carbocycles. The molecule has 1 aromatic carbocycles. The Bertz CT molecular complexity index is 1030. The molecule has 3 N–H and O–H groups in total. The molecule has 8 nitrogen and oxygen atoms in total. The fourth-order valence-corrected chi connectivity index (χ4v) is 3.11. The fourth-order valence-electron chi connectivity index (χ4n) is 2.15. The highest BCUT2D eigenvalue weighted by atomic mass is 32.2. The average Bonchev–Trinajstić information content (AvgIpc) is 3.02. The third-order valence-corrected chi connectivity index (χ3v) is 4.18. The molecule has 0 bridgehead atoms. The van der Waals surface area contributed by atoms with Gasteiger partial charge in [0.05, 0.1) is 0 Å². The summed E-state index contributed by atoms with van der Waals surface area (Å²) in [5.74, 6) is -2.48. The third-order valence-electron chi connectivity index (χ3n) is 3.18. The maximum Gasteiger partial charge on any atom is 0.322 e. The molecule has 10 heteroatoms. The number of carbonyl (C=O) groups excluding carboxylic acids is 1. The molecule has 2 heterocycles. The highest BCUT2D eigenvalue weighted by Gasteiger charge is 2.20. The van der Waals surface area contributed by atoms with E-state index in [0.717, 1.165) is 11.8 Å². The van der Waals surface area contributed by atoms with E-state index in [9.17, 15) is 18.8 Å². The maximum absolute atomic E-state index is 13.3. The maximum atomic E-state index is 13.3. The van der Waals surface area contributed by atoms with Crippen molar-refractivity contribution in [2.45, 2.75) is 9.92 Å². The van der Waals surface area contributed by atoms with Gasteiger partial charge in [-0.15, -0.1) is 0 Å². The summed E-state index contributed by atoms with van der Waals surface area (Å²) in [6.07, 6.45) is 1.29. The minimum absolute atomic E-state index is 0.0503. The number of aromatic nitrogens is 3. The van der Waals surface area contributed by atoms with E-state index in [1.54, 1.807) is 6.07 Å².